The summed E-state index contributed by atoms with van der Waals surface area (Å²) in [6, 6.07) is 6.54. The van der Waals surface area contributed by atoms with E-state index in [0.717, 1.165) is 5.56 Å². The van der Waals surface area contributed by atoms with E-state index >= 15 is 0 Å². The van der Waals surface area contributed by atoms with E-state index in [1.54, 1.807) is 51.5 Å². The van der Waals surface area contributed by atoms with E-state index in [1.807, 2.05) is 58.0 Å². The van der Waals surface area contributed by atoms with Crippen molar-refractivity contribution >= 4 is 35.7 Å². The van der Waals surface area contributed by atoms with Gasteiger partial charge in [0.25, 0.3) is 0 Å². The molecule has 338 valence electrons. The standard InChI is InChI=1S/C45H73N5O10/c1-14-29(4)37(48(10)40(53)36(28(2)3)47-42(55)45(9)23-19-25-50(45)43(56)60-44(6,7)8)34(57-11)27-35(51)49-24-18-22-33(49)38(58-12)30(5)39(52)46-32(41(54)59-13)26-31-20-16-15-17-21-31/h15-17,20-21,28-30,32-34,36-38H,14,18-19,22-27H2,1-13H3,(H,46,52)(H,47,55)/t29-,30+,32-,33?,34+,36-,37-,38+,45-/m0/s1. The molecule has 1 unspecified atom stereocenters. The van der Waals surface area contributed by atoms with Gasteiger partial charge in [0.15, 0.2) is 0 Å². The molecule has 0 radical (unpaired) electrons. The predicted molar refractivity (Wildman–Crippen MR) is 228 cm³/mol. The van der Waals surface area contributed by atoms with Crippen LogP contribution in [-0.4, -0.2) is 139 Å². The lowest BCUT2D eigenvalue weighted by atomic mass is 9.89. The number of carbonyl (C=O) groups is 6. The zero-order valence-electron chi connectivity index (χ0n) is 38.4. The van der Waals surface area contributed by atoms with Crippen LogP contribution in [0.3, 0.4) is 0 Å². The smallest absolute Gasteiger partial charge is 0.411 e. The van der Waals surface area contributed by atoms with Crippen molar-refractivity contribution in [1.29, 1.82) is 0 Å². The van der Waals surface area contributed by atoms with Crippen LogP contribution in [0.4, 0.5) is 4.79 Å². The third-order valence-electron chi connectivity index (χ3n) is 12.3. The molecule has 1 aromatic rings. The number of carbonyl (C=O) groups excluding carboxylic acids is 6. The molecular formula is C45H73N5O10. The summed E-state index contributed by atoms with van der Waals surface area (Å²) in [4.78, 5) is 87.2. The number of methoxy groups -OCH3 is 3. The molecule has 9 atom stereocenters. The van der Waals surface area contributed by atoms with E-state index in [0.29, 0.717) is 45.2 Å². The van der Waals surface area contributed by atoms with Gasteiger partial charge < -0.3 is 39.4 Å². The van der Waals surface area contributed by atoms with E-state index in [1.165, 1.54) is 26.2 Å². The fourth-order valence-corrected chi connectivity index (χ4v) is 8.63. The average Bonchev–Trinajstić information content (AvgIpc) is 3.86. The Morgan fingerprint density at radius 2 is 1.58 bits per heavy atom. The van der Waals surface area contributed by atoms with Crippen molar-refractivity contribution in [2.75, 3.05) is 41.5 Å². The quantitative estimate of drug-likeness (QED) is 0.186. The lowest BCUT2D eigenvalue weighted by Crippen LogP contribution is -2.62. The normalized spacial score (nSPS) is 21.6. The lowest BCUT2D eigenvalue weighted by Gasteiger charge is -2.41. The molecular weight excluding hydrogens is 771 g/mol. The van der Waals surface area contributed by atoms with Crippen LogP contribution in [0.25, 0.3) is 0 Å². The molecule has 2 N–H and O–H groups in total. The van der Waals surface area contributed by atoms with Gasteiger partial charge in [-0.3, -0.25) is 24.1 Å². The van der Waals surface area contributed by atoms with Crippen LogP contribution in [0.1, 0.15) is 106 Å². The van der Waals surface area contributed by atoms with Gasteiger partial charge in [0.05, 0.1) is 43.7 Å². The maximum atomic E-state index is 14.5. The van der Waals surface area contributed by atoms with Gasteiger partial charge >= 0.3 is 12.1 Å². The molecule has 5 amide bonds. The second kappa shape index (κ2) is 22.0. The molecule has 0 spiro atoms. The van der Waals surface area contributed by atoms with Crippen LogP contribution in [0.2, 0.25) is 0 Å². The van der Waals surface area contributed by atoms with Gasteiger partial charge in [0.1, 0.15) is 23.2 Å². The molecule has 2 fully saturated rings. The summed E-state index contributed by atoms with van der Waals surface area (Å²) in [5.41, 5.74) is -1.08. The van der Waals surface area contributed by atoms with Gasteiger partial charge in [-0.15, -0.1) is 0 Å². The van der Waals surface area contributed by atoms with Crippen LogP contribution in [0, 0.1) is 17.8 Å². The second-order valence-electron chi connectivity index (χ2n) is 18.1. The number of nitrogens with one attached hydrogen (secondary N) is 2. The number of hydrogen-bond donors (Lipinski definition) is 2. The Morgan fingerprint density at radius 3 is 2.13 bits per heavy atom. The molecule has 15 nitrogen and oxygen atoms in total. The number of rotatable bonds is 19. The molecule has 2 heterocycles. The Labute approximate surface area is 357 Å². The first-order valence-electron chi connectivity index (χ1n) is 21.5. The monoisotopic (exact) mass is 844 g/mol. The summed E-state index contributed by atoms with van der Waals surface area (Å²) in [6.45, 7) is 17.3. The highest BCUT2D eigenvalue weighted by Gasteiger charge is 2.49. The Hall–Kier alpha value is -4.24. The number of nitrogens with zero attached hydrogens (tertiary/aromatic N) is 3. The molecule has 0 saturated carbocycles. The van der Waals surface area contributed by atoms with Crippen LogP contribution in [0.5, 0.6) is 0 Å². The largest absolute Gasteiger partial charge is 0.467 e. The van der Waals surface area contributed by atoms with Crippen molar-refractivity contribution in [3.05, 3.63) is 35.9 Å². The van der Waals surface area contributed by atoms with E-state index in [2.05, 4.69) is 10.6 Å². The maximum absolute atomic E-state index is 14.5. The summed E-state index contributed by atoms with van der Waals surface area (Å²) < 4.78 is 22.6. The van der Waals surface area contributed by atoms with Crippen molar-refractivity contribution < 1.29 is 47.7 Å². The number of esters is 1. The molecule has 1 aromatic carbocycles. The van der Waals surface area contributed by atoms with Crippen LogP contribution < -0.4 is 10.6 Å². The van der Waals surface area contributed by atoms with E-state index < -0.39 is 77.3 Å². The van der Waals surface area contributed by atoms with Gasteiger partial charge in [-0.25, -0.2) is 9.59 Å². The predicted octanol–water partition coefficient (Wildman–Crippen LogP) is 4.74. The zero-order valence-corrected chi connectivity index (χ0v) is 38.4. The summed E-state index contributed by atoms with van der Waals surface area (Å²) in [5, 5.41) is 5.85. The SMILES string of the molecule is CC[C@H](C)[C@@H]([C@@H](CC(=O)N1CCCC1[C@H](OC)[C@@H](C)C(=O)N[C@@H](Cc1ccccc1)C(=O)OC)OC)N(C)C(=O)[C@@H](NC(=O)[C@]1(C)CCCN1C(=O)OC(C)(C)C)C(C)C. The van der Waals surface area contributed by atoms with E-state index in [-0.39, 0.29) is 36.5 Å². The van der Waals surface area contributed by atoms with Crippen molar-refractivity contribution in [2.24, 2.45) is 17.8 Å². The highest BCUT2D eigenvalue weighted by Crippen LogP contribution is 2.33. The van der Waals surface area contributed by atoms with Crippen LogP contribution in [-0.2, 0) is 49.3 Å². The zero-order chi connectivity index (χ0) is 45.1. The van der Waals surface area contributed by atoms with Crippen LogP contribution >= 0.6 is 0 Å². The minimum absolute atomic E-state index is 0.0419. The summed E-state index contributed by atoms with van der Waals surface area (Å²) >= 11 is 0. The number of likely N-dealkylation sites (tertiary alicyclic amines) is 2. The third-order valence-corrected chi connectivity index (χ3v) is 12.3. The summed E-state index contributed by atoms with van der Waals surface area (Å²) in [7, 11) is 6.00. The third kappa shape index (κ3) is 12.4. The van der Waals surface area contributed by atoms with Gasteiger partial charge in [-0.2, -0.15) is 0 Å². The van der Waals surface area contributed by atoms with Gasteiger partial charge in [0, 0.05) is 40.8 Å². The molecule has 2 aliphatic heterocycles. The summed E-state index contributed by atoms with van der Waals surface area (Å²) in [5.74, 6) is -3.06. The molecule has 0 bridgehead atoms. The molecule has 0 aliphatic carbocycles. The highest BCUT2D eigenvalue weighted by atomic mass is 16.6. The Morgan fingerprint density at radius 1 is 0.933 bits per heavy atom. The second-order valence-corrected chi connectivity index (χ2v) is 18.1. The molecule has 15 heteroatoms. The van der Waals surface area contributed by atoms with Gasteiger partial charge in [-0.1, -0.05) is 71.4 Å². The number of benzene rings is 1. The molecule has 0 aromatic heterocycles. The average molecular weight is 844 g/mol. The number of hydrogen-bond acceptors (Lipinski definition) is 10. The van der Waals surface area contributed by atoms with Crippen molar-refractivity contribution in [3.63, 3.8) is 0 Å². The Balaban J connectivity index is 1.79. The molecule has 2 saturated heterocycles. The van der Waals surface area contributed by atoms with Gasteiger partial charge in [0.2, 0.25) is 23.6 Å². The lowest BCUT2D eigenvalue weighted by molar-refractivity contribution is -0.149. The topological polar surface area (TPSA) is 173 Å². The number of likely N-dealkylation sites (N-methyl/N-ethyl adjacent to an activating group) is 1. The van der Waals surface area contributed by atoms with E-state index in [9.17, 15) is 28.8 Å². The molecule has 60 heavy (non-hydrogen) atoms. The van der Waals surface area contributed by atoms with Crippen molar-refractivity contribution in [1.82, 2.24) is 25.3 Å². The number of ether oxygens (including phenoxy) is 4. The first-order valence-corrected chi connectivity index (χ1v) is 21.5. The van der Waals surface area contributed by atoms with Crippen molar-refractivity contribution in [3.8, 4) is 0 Å². The fraction of sp³-hybridized carbons (Fsp3) is 0.733. The molecule has 3 rings (SSSR count). The molecule has 2 aliphatic rings. The van der Waals surface area contributed by atoms with Gasteiger partial charge in [-0.05, 0) is 70.8 Å². The number of amides is 5. The Bertz CT molecular complexity index is 1620. The minimum Gasteiger partial charge on any atom is -0.467 e. The Kier molecular flexibility index (Phi) is 18.4. The first kappa shape index (κ1) is 50.1. The fourth-order valence-electron chi connectivity index (χ4n) is 8.63. The van der Waals surface area contributed by atoms with Crippen LogP contribution in [0.15, 0.2) is 30.3 Å². The first-order chi connectivity index (χ1) is 28.1. The van der Waals surface area contributed by atoms with E-state index in [4.69, 9.17) is 18.9 Å². The highest BCUT2D eigenvalue weighted by molar-refractivity contribution is 5.94. The minimum atomic E-state index is -1.21. The van der Waals surface area contributed by atoms with Crippen molar-refractivity contribution in [2.45, 2.75) is 155 Å². The maximum Gasteiger partial charge on any atom is 0.411 e. The summed E-state index contributed by atoms with van der Waals surface area (Å²) in [6.07, 6.45) is 1.28.